The molecule has 0 spiro atoms. The minimum atomic E-state index is 0.596. The second-order valence-corrected chi connectivity index (χ2v) is 4.52. The van der Waals surface area contributed by atoms with Crippen molar-refractivity contribution in [1.82, 2.24) is 5.32 Å². The average molecular weight is 219 g/mol. The third-order valence-electron chi connectivity index (χ3n) is 3.56. The molecule has 1 heterocycles. The van der Waals surface area contributed by atoms with Gasteiger partial charge in [0.15, 0.2) is 0 Å². The first kappa shape index (κ1) is 11.5. The Morgan fingerprint density at radius 1 is 1.44 bits per heavy atom. The molecule has 2 nitrogen and oxygen atoms in total. The molecule has 88 valence electrons. The van der Waals surface area contributed by atoms with Crippen molar-refractivity contribution < 1.29 is 4.74 Å². The van der Waals surface area contributed by atoms with Crippen molar-refractivity contribution in [2.45, 2.75) is 38.1 Å². The molecule has 0 amide bonds. The van der Waals surface area contributed by atoms with E-state index in [0.717, 1.165) is 12.4 Å². The van der Waals surface area contributed by atoms with Crippen LogP contribution in [0.4, 0.5) is 0 Å². The lowest BCUT2D eigenvalue weighted by atomic mass is 9.94. The van der Waals surface area contributed by atoms with Crippen LogP contribution in [-0.2, 0) is 0 Å². The van der Waals surface area contributed by atoms with Gasteiger partial charge in [-0.2, -0.15) is 0 Å². The van der Waals surface area contributed by atoms with Gasteiger partial charge in [-0.15, -0.1) is 0 Å². The van der Waals surface area contributed by atoms with Crippen LogP contribution in [0.2, 0.25) is 0 Å². The van der Waals surface area contributed by atoms with Gasteiger partial charge in [-0.1, -0.05) is 25.1 Å². The van der Waals surface area contributed by atoms with Crippen molar-refractivity contribution in [2.75, 3.05) is 13.7 Å². The smallest absolute Gasteiger partial charge is 0.122 e. The van der Waals surface area contributed by atoms with Crippen molar-refractivity contribution in [3.8, 4) is 5.75 Å². The van der Waals surface area contributed by atoms with E-state index >= 15 is 0 Å². The van der Waals surface area contributed by atoms with E-state index in [1.54, 1.807) is 0 Å². The third-order valence-corrected chi connectivity index (χ3v) is 3.56. The summed E-state index contributed by atoms with van der Waals surface area (Å²) in [5, 5.41) is 3.36. The van der Waals surface area contributed by atoms with E-state index < -0.39 is 0 Å². The van der Waals surface area contributed by atoms with Gasteiger partial charge in [0.25, 0.3) is 0 Å². The van der Waals surface area contributed by atoms with Gasteiger partial charge >= 0.3 is 0 Å². The van der Waals surface area contributed by atoms with E-state index in [2.05, 4.69) is 30.4 Å². The molecule has 2 rings (SSSR count). The first-order chi connectivity index (χ1) is 7.85. The highest BCUT2D eigenvalue weighted by Crippen LogP contribution is 2.36. The zero-order valence-corrected chi connectivity index (χ0v) is 10.2. The largest absolute Gasteiger partial charge is 0.493 e. The lowest BCUT2D eigenvalue weighted by Gasteiger charge is -2.16. The molecule has 2 atom stereocenters. The van der Waals surface area contributed by atoms with E-state index in [-0.39, 0.29) is 0 Å². The second kappa shape index (κ2) is 5.35. The Morgan fingerprint density at radius 3 is 3.00 bits per heavy atom. The maximum atomic E-state index is 5.69. The quantitative estimate of drug-likeness (QED) is 0.822. The van der Waals surface area contributed by atoms with Crippen LogP contribution in [-0.4, -0.2) is 19.7 Å². The van der Waals surface area contributed by atoms with Gasteiger partial charge in [-0.05, 0) is 32.4 Å². The molecule has 1 aliphatic heterocycles. The van der Waals surface area contributed by atoms with Gasteiger partial charge in [0, 0.05) is 17.5 Å². The lowest BCUT2D eigenvalue weighted by Crippen LogP contribution is -2.24. The number of fused-ring (bicyclic) bond motifs is 1. The average Bonchev–Trinajstić information content (AvgIpc) is 2.74. The molecule has 1 N–H and O–H groups in total. The molecule has 0 saturated heterocycles. The fraction of sp³-hybridized carbons (Fsp3) is 0.571. The summed E-state index contributed by atoms with van der Waals surface area (Å²) in [7, 11) is 2.05. The van der Waals surface area contributed by atoms with Gasteiger partial charge in [-0.25, -0.2) is 0 Å². The highest BCUT2D eigenvalue weighted by atomic mass is 16.5. The van der Waals surface area contributed by atoms with Gasteiger partial charge in [-0.3, -0.25) is 0 Å². The number of hydrogen-bond acceptors (Lipinski definition) is 2. The van der Waals surface area contributed by atoms with Gasteiger partial charge in [0.1, 0.15) is 5.75 Å². The summed E-state index contributed by atoms with van der Waals surface area (Å²) in [5.74, 6) is 1.68. The Kier molecular flexibility index (Phi) is 3.83. The van der Waals surface area contributed by atoms with Crippen LogP contribution in [0.15, 0.2) is 24.3 Å². The van der Waals surface area contributed by atoms with Crippen LogP contribution in [0.1, 0.15) is 37.7 Å². The van der Waals surface area contributed by atoms with Crippen LogP contribution < -0.4 is 10.1 Å². The number of para-hydroxylation sites is 1. The summed E-state index contributed by atoms with van der Waals surface area (Å²) in [5.41, 5.74) is 1.40. The Hall–Kier alpha value is -1.02. The summed E-state index contributed by atoms with van der Waals surface area (Å²) >= 11 is 0. The van der Waals surface area contributed by atoms with Crippen molar-refractivity contribution in [3.63, 3.8) is 0 Å². The number of hydrogen-bond donors (Lipinski definition) is 1. The molecule has 0 saturated carbocycles. The number of rotatable bonds is 5. The van der Waals surface area contributed by atoms with Crippen LogP contribution in [0.25, 0.3) is 0 Å². The lowest BCUT2D eigenvalue weighted by molar-refractivity contribution is 0.317. The summed E-state index contributed by atoms with van der Waals surface area (Å²) in [4.78, 5) is 0. The molecular formula is C14H21NO. The second-order valence-electron chi connectivity index (χ2n) is 4.52. The molecule has 0 fully saturated rings. The minimum absolute atomic E-state index is 0.596. The van der Waals surface area contributed by atoms with Crippen molar-refractivity contribution in [1.29, 1.82) is 0 Å². The molecule has 1 aliphatic rings. The summed E-state index contributed by atoms with van der Waals surface area (Å²) < 4.78 is 5.69. The van der Waals surface area contributed by atoms with Gasteiger partial charge < -0.3 is 10.1 Å². The fourth-order valence-electron chi connectivity index (χ4n) is 2.42. The molecule has 0 aliphatic carbocycles. The molecule has 0 radical (unpaired) electrons. The Bertz CT molecular complexity index is 333. The van der Waals surface area contributed by atoms with Crippen LogP contribution in [0.5, 0.6) is 5.75 Å². The summed E-state index contributed by atoms with van der Waals surface area (Å²) in [6, 6.07) is 9.07. The topological polar surface area (TPSA) is 21.3 Å². The standard InChI is InChI=1S/C14H21NO/c1-3-12(15-2)9-8-11-10-16-14-7-5-4-6-13(11)14/h4-7,11-12,15H,3,8-10H2,1-2H3. The fourth-order valence-corrected chi connectivity index (χ4v) is 2.42. The predicted molar refractivity (Wildman–Crippen MR) is 67.1 cm³/mol. The first-order valence-electron chi connectivity index (χ1n) is 6.24. The van der Waals surface area contributed by atoms with Crippen molar-refractivity contribution >= 4 is 0 Å². The SMILES string of the molecule is CCC(CCC1COc2ccccc21)NC. The summed E-state index contributed by atoms with van der Waals surface area (Å²) in [6.45, 7) is 3.10. The minimum Gasteiger partial charge on any atom is -0.493 e. The van der Waals surface area contributed by atoms with Crippen LogP contribution in [0.3, 0.4) is 0 Å². The first-order valence-corrected chi connectivity index (χ1v) is 6.24. The molecule has 0 aromatic heterocycles. The van der Waals surface area contributed by atoms with E-state index in [9.17, 15) is 0 Å². The number of benzene rings is 1. The monoisotopic (exact) mass is 219 g/mol. The molecule has 0 bridgehead atoms. The third kappa shape index (κ3) is 2.38. The normalized spacial score (nSPS) is 20.2. The maximum absolute atomic E-state index is 5.69. The van der Waals surface area contributed by atoms with Gasteiger partial charge in [0.05, 0.1) is 6.61 Å². The predicted octanol–water partition coefficient (Wildman–Crippen LogP) is 2.94. The highest BCUT2D eigenvalue weighted by Gasteiger charge is 2.23. The van der Waals surface area contributed by atoms with Crippen LogP contribution >= 0.6 is 0 Å². The molecule has 2 unspecified atom stereocenters. The Morgan fingerprint density at radius 2 is 2.25 bits per heavy atom. The van der Waals surface area contributed by atoms with E-state index in [1.165, 1.54) is 24.8 Å². The van der Waals surface area contributed by atoms with Crippen molar-refractivity contribution in [3.05, 3.63) is 29.8 Å². The van der Waals surface area contributed by atoms with Crippen molar-refractivity contribution in [2.24, 2.45) is 0 Å². The van der Waals surface area contributed by atoms with E-state index in [4.69, 9.17) is 4.74 Å². The molecular weight excluding hydrogens is 198 g/mol. The Labute approximate surface area is 98.0 Å². The number of nitrogens with one attached hydrogen (secondary N) is 1. The van der Waals surface area contributed by atoms with Crippen LogP contribution in [0, 0.1) is 0 Å². The van der Waals surface area contributed by atoms with E-state index in [1.807, 2.05) is 13.1 Å². The maximum Gasteiger partial charge on any atom is 0.122 e. The molecule has 2 heteroatoms. The Balaban J connectivity index is 1.93. The molecule has 16 heavy (non-hydrogen) atoms. The van der Waals surface area contributed by atoms with Gasteiger partial charge in [0.2, 0.25) is 0 Å². The van der Waals surface area contributed by atoms with E-state index in [0.29, 0.717) is 12.0 Å². The zero-order chi connectivity index (χ0) is 11.4. The summed E-state index contributed by atoms with van der Waals surface area (Å²) in [6.07, 6.45) is 3.65. The highest BCUT2D eigenvalue weighted by molar-refractivity contribution is 5.39. The molecule has 1 aromatic rings. The number of ether oxygens (including phenoxy) is 1. The molecule has 1 aromatic carbocycles. The zero-order valence-electron chi connectivity index (χ0n) is 10.2.